The Morgan fingerprint density at radius 1 is 1.32 bits per heavy atom. The van der Waals surface area contributed by atoms with E-state index in [0.29, 0.717) is 21.4 Å². The molecule has 0 saturated carbocycles. The molecule has 0 unspecified atom stereocenters. The number of aromatic nitrogens is 1. The maximum atomic E-state index is 11.5. The van der Waals surface area contributed by atoms with E-state index in [1.54, 1.807) is 26.4 Å². The quantitative estimate of drug-likeness (QED) is 0.908. The standard InChI is InChI=1S/C15H15ClN2O3S/c1-17-15(19)12-8-18-13(22-12)5-4-9-6-10(16)14(21-3)11(7-9)20-2/h4-8H,1-3H3,(H,17,19). The van der Waals surface area contributed by atoms with Gasteiger partial charge in [-0.05, 0) is 23.8 Å². The average Bonchev–Trinajstić information content (AvgIpc) is 3.00. The second kappa shape index (κ2) is 7.29. The van der Waals surface area contributed by atoms with Gasteiger partial charge in [0, 0.05) is 7.05 Å². The number of halogens is 1. The fourth-order valence-corrected chi connectivity index (χ4v) is 2.86. The van der Waals surface area contributed by atoms with E-state index in [2.05, 4.69) is 10.3 Å². The Hall–Kier alpha value is -2.05. The number of thiazole rings is 1. The summed E-state index contributed by atoms with van der Waals surface area (Å²) in [6, 6.07) is 3.58. The van der Waals surface area contributed by atoms with Crippen LogP contribution in [-0.4, -0.2) is 32.2 Å². The number of carbonyl (C=O) groups is 1. The number of ether oxygens (including phenoxy) is 2. The van der Waals surface area contributed by atoms with E-state index in [4.69, 9.17) is 21.1 Å². The number of carbonyl (C=O) groups excluding carboxylic acids is 1. The van der Waals surface area contributed by atoms with Crippen LogP contribution in [-0.2, 0) is 0 Å². The summed E-state index contributed by atoms with van der Waals surface area (Å²) in [4.78, 5) is 16.2. The smallest absolute Gasteiger partial charge is 0.262 e. The lowest BCUT2D eigenvalue weighted by atomic mass is 10.2. The third-order valence-corrected chi connectivity index (χ3v) is 4.09. The number of rotatable bonds is 5. The predicted octanol–water partition coefficient (Wildman–Crippen LogP) is 3.34. The molecule has 116 valence electrons. The highest BCUT2D eigenvalue weighted by molar-refractivity contribution is 7.14. The summed E-state index contributed by atoms with van der Waals surface area (Å²) in [6.07, 6.45) is 5.21. The minimum absolute atomic E-state index is 0.147. The second-order valence-electron chi connectivity index (χ2n) is 4.21. The topological polar surface area (TPSA) is 60.5 Å². The van der Waals surface area contributed by atoms with Crippen LogP contribution in [0.2, 0.25) is 5.02 Å². The van der Waals surface area contributed by atoms with Gasteiger partial charge in [0.05, 0.1) is 25.4 Å². The van der Waals surface area contributed by atoms with Crippen molar-refractivity contribution in [1.82, 2.24) is 10.3 Å². The first kappa shape index (κ1) is 16.3. The zero-order chi connectivity index (χ0) is 16.1. The van der Waals surface area contributed by atoms with Gasteiger partial charge in [0.2, 0.25) is 0 Å². The predicted molar refractivity (Wildman–Crippen MR) is 89.0 cm³/mol. The van der Waals surface area contributed by atoms with Crippen molar-refractivity contribution in [1.29, 1.82) is 0 Å². The van der Waals surface area contributed by atoms with Crippen molar-refractivity contribution in [2.24, 2.45) is 0 Å². The first-order chi connectivity index (χ1) is 10.6. The van der Waals surface area contributed by atoms with Crippen LogP contribution in [0.25, 0.3) is 12.2 Å². The molecular weight excluding hydrogens is 324 g/mol. The van der Waals surface area contributed by atoms with Crippen LogP contribution in [0.1, 0.15) is 20.2 Å². The van der Waals surface area contributed by atoms with Crippen molar-refractivity contribution in [3.63, 3.8) is 0 Å². The van der Waals surface area contributed by atoms with Crippen LogP contribution in [0.15, 0.2) is 18.3 Å². The highest BCUT2D eigenvalue weighted by atomic mass is 35.5. The molecule has 0 aliphatic rings. The van der Waals surface area contributed by atoms with Gasteiger partial charge in [0.1, 0.15) is 9.88 Å². The highest BCUT2D eigenvalue weighted by Gasteiger charge is 2.10. The number of hydrogen-bond acceptors (Lipinski definition) is 5. The van der Waals surface area contributed by atoms with Crippen LogP contribution < -0.4 is 14.8 Å². The average molecular weight is 339 g/mol. The first-order valence-electron chi connectivity index (χ1n) is 6.36. The maximum absolute atomic E-state index is 11.5. The minimum Gasteiger partial charge on any atom is -0.493 e. The van der Waals surface area contributed by atoms with Gasteiger partial charge in [0.15, 0.2) is 11.5 Å². The molecule has 0 saturated heterocycles. The summed E-state index contributed by atoms with van der Waals surface area (Å²) in [5.74, 6) is 0.906. The van der Waals surface area contributed by atoms with Gasteiger partial charge in [-0.2, -0.15) is 0 Å². The van der Waals surface area contributed by atoms with Gasteiger partial charge >= 0.3 is 0 Å². The molecule has 1 aromatic carbocycles. The first-order valence-corrected chi connectivity index (χ1v) is 7.56. The van der Waals surface area contributed by atoms with Crippen molar-refractivity contribution < 1.29 is 14.3 Å². The minimum atomic E-state index is -0.147. The van der Waals surface area contributed by atoms with Crippen LogP contribution in [0.3, 0.4) is 0 Å². The molecule has 5 nitrogen and oxygen atoms in total. The second-order valence-corrected chi connectivity index (χ2v) is 5.68. The molecule has 22 heavy (non-hydrogen) atoms. The molecule has 0 bridgehead atoms. The van der Waals surface area contributed by atoms with Gasteiger partial charge in [-0.15, -0.1) is 11.3 Å². The Kier molecular flexibility index (Phi) is 5.41. The Bertz CT molecular complexity index is 713. The molecule has 7 heteroatoms. The Morgan fingerprint density at radius 3 is 2.73 bits per heavy atom. The third kappa shape index (κ3) is 3.58. The number of methoxy groups -OCH3 is 2. The summed E-state index contributed by atoms with van der Waals surface area (Å²) in [5, 5.41) is 3.75. The van der Waals surface area contributed by atoms with Crippen molar-refractivity contribution >= 4 is 41.0 Å². The summed E-state index contributed by atoms with van der Waals surface area (Å²) >= 11 is 7.46. The van der Waals surface area contributed by atoms with E-state index in [1.165, 1.54) is 18.4 Å². The summed E-state index contributed by atoms with van der Waals surface area (Å²) in [7, 11) is 4.68. The number of nitrogens with zero attached hydrogens (tertiary/aromatic N) is 1. The molecule has 0 radical (unpaired) electrons. The molecule has 1 heterocycles. The molecule has 0 aliphatic heterocycles. The van der Waals surface area contributed by atoms with Gasteiger partial charge in [0.25, 0.3) is 5.91 Å². The van der Waals surface area contributed by atoms with E-state index in [9.17, 15) is 4.79 Å². The zero-order valence-electron chi connectivity index (χ0n) is 12.3. The fourth-order valence-electron chi connectivity index (χ4n) is 1.79. The van der Waals surface area contributed by atoms with Crippen LogP contribution >= 0.6 is 22.9 Å². The monoisotopic (exact) mass is 338 g/mol. The van der Waals surface area contributed by atoms with Gasteiger partial charge in [-0.25, -0.2) is 4.98 Å². The lowest BCUT2D eigenvalue weighted by molar-refractivity contribution is 0.0967. The van der Waals surface area contributed by atoms with Crippen molar-refractivity contribution in [3.05, 3.63) is 38.8 Å². The normalized spacial score (nSPS) is 10.7. The van der Waals surface area contributed by atoms with Crippen molar-refractivity contribution in [2.75, 3.05) is 21.3 Å². The zero-order valence-corrected chi connectivity index (χ0v) is 13.9. The molecule has 2 rings (SSSR count). The van der Waals surface area contributed by atoms with E-state index in [1.807, 2.05) is 18.2 Å². The van der Waals surface area contributed by atoms with Gasteiger partial charge in [-0.3, -0.25) is 4.79 Å². The lowest BCUT2D eigenvalue weighted by Crippen LogP contribution is -2.16. The summed E-state index contributed by atoms with van der Waals surface area (Å²) < 4.78 is 10.4. The van der Waals surface area contributed by atoms with Gasteiger partial charge < -0.3 is 14.8 Å². The van der Waals surface area contributed by atoms with Crippen LogP contribution in [0.5, 0.6) is 11.5 Å². The molecule has 1 N–H and O–H groups in total. The summed E-state index contributed by atoms with van der Waals surface area (Å²) in [5.41, 5.74) is 0.847. The molecule has 1 amide bonds. The van der Waals surface area contributed by atoms with Crippen molar-refractivity contribution in [2.45, 2.75) is 0 Å². The molecule has 0 spiro atoms. The highest BCUT2D eigenvalue weighted by Crippen LogP contribution is 2.36. The van der Waals surface area contributed by atoms with Crippen molar-refractivity contribution in [3.8, 4) is 11.5 Å². The van der Waals surface area contributed by atoms with Crippen LogP contribution in [0.4, 0.5) is 0 Å². The molecule has 0 fully saturated rings. The lowest BCUT2D eigenvalue weighted by Gasteiger charge is -2.10. The number of amides is 1. The number of nitrogens with one attached hydrogen (secondary N) is 1. The Labute approximate surface area is 137 Å². The van der Waals surface area contributed by atoms with E-state index >= 15 is 0 Å². The molecule has 0 aliphatic carbocycles. The van der Waals surface area contributed by atoms with Gasteiger partial charge in [-0.1, -0.05) is 17.7 Å². The molecule has 1 aromatic heterocycles. The Balaban J connectivity index is 2.25. The SMILES string of the molecule is CNC(=O)c1cnc(C=Cc2cc(Cl)c(OC)c(OC)c2)s1. The molecular formula is C15H15ClN2O3S. The van der Waals surface area contributed by atoms with Crippen LogP contribution in [0, 0.1) is 0 Å². The number of benzene rings is 1. The number of hydrogen-bond donors (Lipinski definition) is 1. The molecule has 0 atom stereocenters. The van der Waals surface area contributed by atoms with E-state index in [-0.39, 0.29) is 5.91 Å². The maximum Gasteiger partial charge on any atom is 0.262 e. The fraction of sp³-hybridized carbons (Fsp3) is 0.200. The van der Waals surface area contributed by atoms with E-state index in [0.717, 1.165) is 10.6 Å². The summed E-state index contributed by atoms with van der Waals surface area (Å²) in [6.45, 7) is 0. The third-order valence-electron chi connectivity index (χ3n) is 2.85. The Morgan fingerprint density at radius 2 is 2.09 bits per heavy atom. The molecule has 2 aromatic rings. The van der Waals surface area contributed by atoms with E-state index < -0.39 is 0 Å². The largest absolute Gasteiger partial charge is 0.493 e.